The first-order valence-electron chi connectivity index (χ1n) is 7.93. The number of nitrogens with two attached hydrogens (primary N) is 1. The number of benzene rings is 2. The number of phenolic OH excluding ortho intramolecular Hbond substituents is 1. The SMILES string of the molecule is CCCCOc1ccc(CC(CN)c2ccc(O)cc2)cc1. The van der Waals surface area contributed by atoms with Gasteiger partial charge >= 0.3 is 0 Å². The smallest absolute Gasteiger partial charge is 0.119 e. The third kappa shape index (κ3) is 4.78. The maximum atomic E-state index is 9.37. The summed E-state index contributed by atoms with van der Waals surface area (Å²) in [6.07, 6.45) is 3.11. The monoisotopic (exact) mass is 299 g/mol. The van der Waals surface area contributed by atoms with Gasteiger partial charge in [0.1, 0.15) is 11.5 Å². The van der Waals surface area contributed by atoms with Gasteiger partial charge in [0.25, 0.3) is 0 Å². The van der Waals surface area contributed by atoms with Crippen molar-refractivity contribution in [1.82, 2.24) is 0 Å². The lowest BCUT2D eigenvalue weighted by Gasteiger charge is -2.16. The van der Waals surface area contributed by atoms with E-state index in [0.29, 0.717) is 6.54 Å². The van der Waals surface area contributed by atoms with Crippen molar-refractivity contribution in [3.63, 3.8) is 0 Å². The number of hydrogen-bond donors (Lipinski definition) is 2. The summed E-state index contributed by atoms with van der Waals surface area (Å²) in [6.45, 7) is 3.51. The second kappa shape index (κ2) is 8.44. The van der Waals surface area contributed by atoms with Gasteiger partial charge < -0.3 is 15.6 Å². The van der Waals surface area contributed by atoms with Crippen molar-refractivity contribution < 1.29 is 9.84 Å². The Labute approximate surface area is 132 Å². The Kier molecular flexibility index (Phi) is 6.28. The average Bonchev–Trinajstić information content (AvgIpc) is 2.55. The second-order valence-corrected chi connectivity index (χ2v) is 5.57. The summed E-state index contributed by atoms with van der Waals surface area (Å²) >= 11 is 0. The summed E-state index contributed by atoms with van der Waals surface area (Å²) in [5.74, 6) is 1.46. The number of phenols is 1. The Morgan fingerprint density at radius 1 is 1.05 bits per heavy atom. The van der Waals surface area contributed by atoms with Gasteiger partial charge in [-0.05, 0) is 54.8 Å². The Bertz CT molecular complexity index is 549. The van der Waals surface area contributed by atoms with Crippen LogP contribution >= 0.6 is 0 Å². The highest BCUT2D eigenvalue weighted by atomic mass is 16.5. The van der Waals surface area contributed by atoms with Crippen molar-refractivity contribution in [1.29, 1.82) is 0 Å². The number of ether oxygens (including phenoxy) is 1. The molecule has 0 radical (unpaired) electrons. The van der Waals surface area contributed by atoms with E-state index >= 15 is 0 Å². The first kappa shape index (κ1) is 16.4. The summed E-state index contributed by atoms with van der Waals surface area (Å²) in [6, 6.07) is 15.6. The lowest BCUT2D eigenvalue weighted by atomic mass is 9.92. The fourth-order valence-electron chi connectivity index (χ4n) is 2.42. The Morgan fingerprint density at radius 3 is 2.32 bits per heavy atom. The van der Waals surface area contributed by atoms with Gasteiger partial charge in [0, 0.05) is 5.92 Å². The van der Waals surface area contributed by atoms with Crippen LogP contribution in [-0.4, -0.2) is 18.3 Å². The fraction of sp³-hybridized carbons (Fsp3) is 0.368. The van der Waals surface area contributed by atoms with Crippen LogP contribution in [0, 0.1) is 0 Å². The molecule has 2 aromatic carbocycles. The topological polar surface area (TPSA) is 55.5 Å². The summed E-state index contributed by atoms with van der Waals surface area (Å²) in [7, 11) is 0. The standard InChI is InChI=1S/C19H25NO2/c1-2-3-12-22-19-10-4-15(5-11-19)13-17(14-20)16-6-8-18(21)9-7-16/h4-11,17,21H,2-3,12-14,20H2,1H3. The van der Waals surface area contributed by atoms with Crippen LogP contribution in [0.3, 0.4) is 0 Å². The van der Waals surface area contributed by atoms with Crippen LogP contribution in [0.15, 0.2) is 48.5 Å². The molecule has 1 atom stereocenters. The summed E-state index contributed by atoms with van der Waals surface area (Å²) in [5, 5.41) is 9.37. The number of rotatable bonds is 8. The zero-order chi connectivity index (χ0) is 15.8. The molecule has 0 heterocycles. The molecule has 2 rings (SSSR count). The molecule has 0 fully saturated rings. The Balaban J connectivity index is 1.97. The molecule has 3 N–H and O–H groups in total. The summed E-state index contributed by atoms with van der Waals surface area (Å²) in [4.78, 5) is 0. The van der Waals surface area contributed by atoms with Crippen molar-refractivity contribution in [3.8, 4) is 11.5 Å². The molecule has 0 aliphatic rings. The fourth-order valence-corrected chi connectivity index (χ4v) is 2.42. The number of unbranched alkanes of at least 4 members (excludes halogenated alkanes) is 1. The summed E-state index contributed by atoms with van der Waals surface area (Å²) in [5.41, 5.74) is 8.31. The molecule has 0 aromatic heterocycles. The second-order valence-electron chi connectivity index (χ2n) is 5.57. The van der Waals surface area contributed by atoms with Crippen molar-refractivity contribution in [2.45, 2.75) is 32.1 Å². The number of aromatic hydroxyl groups is 1. The predicted octanol–water partition coefficient (Wildman–Crippen LogP) is 3.86. The van der Waals surface area contributed by atoms with Gasteiger partial charge in [-0.1, -0.05) is 37.6 Å². The molecule has 0 aliphatic carbocycles. The molecule has 0 aliphatic heterocycles. The van der Waals surface area contributed by atoms with Gasteiger partial charge in [0.05, 0.1) is 6.61 Å². The molecule has 3 heteroatoms. The maximum Gasteiger partial charge on any atom is 0.119 e. The van der Waals surface area contributed by atoms with E-state index in [1.165, 1.54) is 5.56 Å². The molecule has 22 heavy (non-hydrogen) atoms. The molecule has 2 aromatic rings. The predicted molar refractivity (Wildman–Crippen MR) is 90.5 cm³/mol. The van der Waals surface area contributed by atoms with Crippen molar-refractivity contribution >= 4 is 0 Å². The zero-order valence-electron chi connectivity index (χ0n) is 13.2. The molecule has 0 bridgehead atoms. The molecule has 0 saturated heterocycles. The highest BCUT2D eigenvalue weighted by molar-refractivity contribution is 5.32. The molecular weight excluding hydrogens is 274 g/mol. The third-order valence-electron chi connectivity index (χ3n) is 3.82. The quantitative estimate of drug-likeness (QED) is 0.728. The van der Waals surface area contributed by atoms with Crippen LogP contribution in [-0.2, 0) is 6.42 Å². The van der Waals surface area contributed by atoms with E-state index in [9.17, 15) is 5.11 Å². The minimum Gasteiger partial charge on any atom is -0.508 e. The minimum atomic E-state index is 0.257. The first-order valence-corrected chi connectivity index (χ1v) is 7.93. The van der Waals surface area contributed by atoms with Gasteiger partial charge in [-0.3, -0.25) is 0 Å². The van der Waals surface area contributed by atoms with Crippen LogP contribution in [0.2, 0.25) is 0 Å². The Morgan fingerprint density at radius 2 is 1.73 bits per heavy atom. The van der Waals surface area contributed by atoms with Crippen LogP contribution in [0.5, 0.6) is 11.5 Å². The van der Waals surface area contributed by atoms with E-state index < -0.39 is 0 Å². The lowest BCUT2D eigenvalue weighted by Crippen LogP contribution is -2.15. The van der Waals surface area contributed by atoms with Crippen molar-refractivity contribution in [2.24, 2.45) is 5.73 Å². The largest absolute Gasteiger partial charge is 0.508 e. The highest BCUT2D eigenvalue weighted by Gasteiger charge is 2.11. The number of hydrogen-bond acceptors (Lipinski definition) is 3. The van der Waals surface area contributed by atoms with Gasteiger partial charge in [0.2, 0.25) is 0 Å². The Hall–Kier alpha value is -2.00. The van der Waals surface area contributed by atoms with E-state index in [1.807, 2.05) is 24.3 Å². The van der Waals surface area contributed by atoms with E-state index in [2.05, 4.69) is 19.1 Å². The van der Waals surface area contributed by atoms with Gasteiger partial charge in [-0.2, -0.15) is 0 Å². The van der Waals surface area contributed by atoms with Gasteiger partial charge in [0.15, 0.2) is 0 Å². The molecule has 0 spiro atoms. The normalized spacial score (nSPS) is 12.1. The molecule has 118 valence electrons. The van der Waals surface area contributed by atoms with Gasteiger partial charge in [-0.15, -0.1) is 0 Å². The summed E-state index contributed by atoms with van der Waals surface area (Å²) < 4.78 is 5.68. The zero-order valence-corrected chi connectivity index (χ0v) is 13.2. The van der Waals surface area contributed by atoms with Crippen molar-refractivity contribution in [3.05, 3.63) is 59.7 Å². The maximum absolute atomic E-state index is 9.37. The third-order valence-corrected chi connectivity index (χ3v) is 3.82. The average molecular weight is 299 g/mol. The van der Waals surface area contributed by atoms with Crippen molar-refractivity contribution in [2.75, 3.05) is 13.2 Å². The van der Waals surface area contributed by atoms with E-state index in [4.69, 9.17) is 10.5 Å². The first-order chi connectivity index (χ1) is 10.7. The van der Waals surface area contributed by atoms with E-state index in [-0.39, 0.29) is 11.7 Å². The molecule has 0 saturated carbocycles. The molecule has 1 unspecified atom stereocenters. The molecule has 0 amide bonds. The van der Waals surface area contributed by atoms with Crippen LogP contribution in [0.1, 0.15) is 36.8 Å². The lowest BCUT2D eigenvalue weighted by molar-refractivity contribution is 0.309. The van der Waals surface area contributed by atoms with Crippen LogP contribution < -0.4 is 10.5 Å². The van der Waals surface area contributed by atoms with E-state index in [0.717, 1.165) is 37.2 Å². The van der Waals surface area contributed by atoms with Crippen LogP contribution in [0.4, 0.5) is 0 Å². The van der Waals surface area contributed by atoms with Gasteiger partial charge in [-0.25, -0.2) is 0 Å². The van der Waals surface area contributed by atoms with Crippen LogP contribution in [0.25, 0.3) is 0 Å². The van der Waals surface area contributed by atoms with E-state index in [1.54, 1.807) is 12.1 Å². The highest BCUT2D eigenvalue weighted by Crippen LogP contribution is 2.23. The molecular formula is C19H25NO2. The minimum absolute atomic E-state index is 0.257. The molecule has 3 nitrogen and oxygen atoms in total.